The van der Waals surface area contributed by atoms with Crippen molar-refractivity contribution in [1.82, 2.24) is 0 Å². The van der Waals surface area contributed by atoms with Gasteiger partial charge in [0.1, 0.15) is 0 Å². The van der Waals surface area contributed by atoms with Gasteiger partial charge in [-0.05, 0) is 6.92 Å². The Labute approximate surface area is 121 Å². The minimum Gasteiger partial charge on any atom is -0.477 e. The zero-order valence-electron chi connectivity index (χ0n) is 9.19. The monoisotopic (exact) mass is 289 g/mol. The topological polar surface area (TPSA) is 26.3 Å². The van der Waals surface area contributed by atoms with Gasteiger partial charge in [-0.1, -0.05) is 0 Å². The molecule has 2 nitrogen and oxygen atoms in total. The van der Waals surface area contributed by atoms with Gasteiger partial charge in [0.2, 0.25) is 5.97 Å². The molecule has 0 saturated carbocycles. The zero-order valence-corrected chi connectivity index (χ0v) is 12.0. The van der Waals surface area contributed by atoms with E-state index in [1.54, 1.807) is 19.1 Å². The van der Waals surface area contributed by atoms with Gasteiger partial charge in [-0.25, -0.2) is 18.2 Å². The third kappa shape index (κ3) is 5.38. The number of benzene rings is 1. The van der Waals surface area contributed by atoms with Crippen molar-refractivity contribution in [2.75, 3.05) is 6.61 Å². The molecule has 0 aliphatic heterocycles. The molecule has 0 heterocycles. The molecule has 0 spiro atoms. The summed E-state index contributed by atoms with van der Waals surface area (Å²) >= 11 is 0. The molecule has 0 fully saturated rings. The molecule has 1 aromatic carbocycles. The molecule has 0 N–H and O–H groups in total. The molecule has 1 rings (SSSR count). The van der Waals surface area contributed by atoms with Crippen LogP contribution in [0.25, 0.3) is 12.2 Å². The molecule has 0 atom stereocenters. The zero-order chi connectivity index (χ0) is 11.1. The Morgan fingerprint density at radius 3 is 2.88 bits per heavy atom. The molecule has 0 aliphatic rings. The fourth-order valence-corrected chi connectivity index (χ4v) is 1.02. The van der Waals surface area contributed by atoms with Crippen LogP contribution in [0.1, 0.15) is 18.1 Å². The number of carbonyl (C=O) groups is 1. The molecular weight excluding hydrogens is 277 g/mol. The number of hydrogen-bond acceptors (Lipinski definition) is 2. The first-order valence-electron chi connectivity index (χ1n) is 4.67. The first kappa shape index (κ1) is 15.3. The van der Waals surface area contributed by atoms with Gasteiger partial charge in [0.15, 0.2) is 0 Å². The first-order chi connectivity index (χ1) is 7.26. The molecule has 16 heavy (non-hydrogen) atoms. The summed E-state index contributed by atoms with van der Waals surface area (Å²) in [4.78, 5) is 11.0. The Bertz CT molecular complexity index is 383. The summed E-state index contributed by atoms with van der Waals surface area (Å²) in [5.41, 5.74) is 1.66. The van der Waals surface area contributed by atoms with Crippen molar-refractivity contribution in [1.29, 1.82) is 0 Å². The minimum atomic E-state index is -0.463. The van der Waals surface area contributed by atoms with Gasteiger partial charge >= 0.3 is 0 Å². The van der Waals surface area contributed by atoms with Gasteiger partial charge in [-0.15, -0.1) is 30.4 Å². The van der Waals surface area contributed by atoms with Crippen LogP contribution in [-0.2, 0) is 42.2 Å². The molecular formula is C13H12O2Y-2. The van der Waals surface area contributed by atoms with E-state index >= 15 is 0 Å². The Kier molecular flexibility index (Phi) is 8.05. The fraction of sp³-hybridized carbons (Fsp3) is 0.154. The minimum absolute atomic E-state index is 0. The fourth-order valence-electron chi connectivity index (χ4n) is 1.02. The number of ether oxygens (including phenoxy) is 1. The largest absolute Gasteiger partial charge is 0.477 e. The van der Waals surface area contributed by atoms with Crippen LogP contribution < -0.4 is 0 Å². The van der Waals surface area contributed by atoms with Crippen LogP contribution in [0.15, 0.2) is 24.8 Å². The number of hydrogen-bond donors (Lipinski definition) is 0. The summed E-state index contributed by atoms with van der Waals surface area (Å²) in [6, 6.07) is 8.63. The second-order valence-corrected chi connectivity index (χ2v) is 2.77. The maximum absolute atomic E-state index is 11.0. The van der Waals surface area contributed by atoms with E-state index < -0.39 is 5.97 Å². The van der Waals surface area contributed by atoms with Gasteiger partial charge in [0.05, 0.1) is 6.61 Å². The van der Waals surface area contributed by atoms with Gasteiger partial charge in [-0.2, -0.15) is 0 Å². The second kappa shape index (κ2) is 8.43. The van der Waals surface area contributed by atoms with E-state index in [0.717, 1.165) is 11.1 Å². The van der Waals surface area contributed by atoms with Crippen molar-refractivity contribution < 1.29 is 42.2 Å². The molecule has 1 aromatic rings. The van der Waals surface area contributed by atoms with E-state index in [9.17, 15) is 4.79 Å². The third-order valence-electron chi connectivity index (χ3n) is 1.68. The molecule has 3 heteroatoms. The van der Waals surface area contributed by atoms with Gasteiger partial charge in [-0.3, -0.25) is 16.4 Å². The summed E-state index contributed by atoms with van der Waals surface area (Å²) in [5.74, 6) is -0.463. The van der Waals surface area contributed by atoms with Crippen LogP contribution in [0.3, 0.4) is 0 Å². The van der Waals surface area contributed by atoms with Crippen LogP contribution in [0, 0.1) is 12.1 Å². The van der Waals surface area contributed by atoms with E-state index in [4.69, 9.17) is 4.74 Å². The van der Waals surface area contributed by atoms with Crippen LogP contribution in [0.4, 0.5) is 0 Å². The SMILES string of the molecule is C=Cc1[c-]c(C=[C-]C(=O)OCC)ccc1.[Y]. The van der Waals surface area contributed by atoms with Crippen molar-refractivity contribution >= 4 is 18.1 Å². The van der Waals surface area contributed by atoms with Gasteiger partial charge in [0.25, 0.3) is 0 Å². The molecule has 0 saturated heterocycles. The maximum Gasteiger partial charge on any atom is 0.230 e. The van der Waals surface area contributed by atoms with Gasteiger partial charge in [0, 0.05) is 32.7 Å². The number of rotatable bonds is 4. The van der Waals surface area contributed by atoms with Crippen molar-refractivity contribution in [3.63, 3.8) is 0 Å². The molecule has 0 unspecified atom stereocenters. The van der Waals surface area contributed by atoms with Crippen LogP contribution in [0.2, 0.25) is 0 Å². The van der Waals surface area contributed by atoms with Crippen molar-refractivity contribution in [2.24, 2.45) is 0 Å². The summed E-state index contributed by atoms with van der Waals surface area (Å²) in [6.07, 6.45) is 5.74. The predicted molar refractivity (Wildman–Crippen MR) is 59.7 cm³/mol. The average molecular weight is 289 g/mol. The molecule has 0 bridgehead atoms. The van der Waals surface area contributed by atoms with E-state index in [2.05, 4.69) is 18.7 Å². The molecule has 0 amide bonds. The Balaban J connectivity index is 0.00000225. The van der Waals surface area contributed by atoms with E-state index in [-0.39, 0.29) is 32.7 Å². The Hall–Kier alpha value is -0.726. The summed E-state index contributed by atoms with van der Waals surface area (Å²) in [7, 11) is 0. The van der Waals surface area contributed by atoms with Crippen LogP contribution in [-0.4, -0.2) is 12.6 Å². The molecule has 0 aliphatic carbocycles. The van der Waals surface area contributed by atoms with Crippen molar-refractivity contribution in [2.45, 2.75) is 6.92 Å². The first-order valence-corrected chi connectivity index (χ1v) is 4.67. The third-order valence-corrected chi connectivity index (χ3v) is 1.68. The van der Waals surface area contributed by atoms with Crippen LogP contribution in [0.5, 0.6) is 0 Å². The smallest absolute Gasteiger partial charge is 0.230 e. The normalized spacial score (nSPS) is 9.56. The quantitative estimate of drug-likeness (QED) is 0.483. The average Bonchev–Trinajstić information content (AvgIpc) is 2.27. The Morgan fingerprint density at radius 2 is 2.25 bits per heavy atom. The summed E-state index contributed by atoms with van der Waals surface area (Å²) in [5, 5.41) is 0. The summed E-state index contributed by atoms with van der Waals surface area (Å²) < 4.78 is 4.70. The van der Waals surface area contributed by atoms with Crippen LogP contribution >= 0.6 is 0 Å². The molecule has 81 valence electrons. The molecule has 0 aromatic heterocycles. The van der Waals surface area contributed by atoms with E-state index in [0.29, 0.717) is 6.61 Å². The van der Waals surface area contributed by atoms with Gasteiger partial charge < -0.3 is 4.74 Å². The predicted octanol–water partition coefficient (Wildman–Crippen LogP) is 2.51. The standard InChI is InChI=1S/C13H12O2.Y/c1-3-11-6-5-7-12(10-11)8-9-13(14)15-4-2;/h3,5-8H,1,4H2,2H3;/q-2;. The number of carbonyl (C=O) groups excluding carboxylic acids is 1. The van der Waals surface area contributed by atoms with E-state index in [1.807, 2.05) is 18.2 Å². The maximum atomic E-state index is 11.0. The summed E-state index contributed by atoms with van der Waals surface area (Å²) in [6.45, 7) is 5.75. The second-order valence-electron chi connectivity index (χ2n) is 2.77. The Morgan fingerprint density at radius 1 is 1.56 bits per heavy atom. The number of esters is 1. The van der Waals surface area contributed by atoms with Crippen molar-refractivity contribution in [3.8, 4) is 0 Å². The van der Waals surface area contributed by atoms with E-state index in [1.165, 1.54) is 0 Å². The van der Waals surface area contributed by atoms with Crippen molar-refractivity contribution in [3.05, 3.63) is 48.0 Å². The molecule has 1 radical (unpaired) electrons.